The normalized spacial score (nSPS) is 22.5. The molecule has 1 saturated heterocycles. The zero-order valence-electron chi connectivity index (χ0n) is 13.7. The van der Waals surface area contributed by atoms with E-state index in [0.29, 0.717) is 10.0 Å². The summed E-state index contributed by atoms with van der Waals surface area (Å²) in [5.41, 5.74) is 1.04. The third kappa shape index (κ3) is 4.96. The van der Waals surface area contributed by atoms with Gasteiger partial charge in [0.1, 0.15) is 0 Å². The SMILES string of the molecule is CC(Cc1ccc(Cl)cc1Cl)OC1CCCC(Cn2ccnc2)O1. The first-order valence-corrected chi connectivity index (χ1v) is 9.06. The number of benzene rings is 1. The van der Waals surface area contributed by atoms with Crippen molar-refractivity contribution >= 4 is 23.2 Å². The number of hydrogen-bond acceptors (Lipinski definition) is 3. The molecule has 1 fully saturated rings. The van der Waals surface area contributed by atoms with E-state index < -0.39 is 0 Å². The molecule has 4 nitrogen and oxygen atoms in total. The van der Waals surface area contributed by atoms with Crippen LogP contribution in [0.1, 0.15) is 31.7 Å². The van der Waals surface area contributed by atoms with Gasteiger partial charge < -0.3 is 14.0 Å². The average molecular weight is 369 g/mol. The lowest BCUT2D eigenvalue weighted by atomic mass is 10.1. The van der Waals surface area contributed by atoms with Crippen molar-refractivity contribution in [2.45, 2.75) is 57.6 Å². The molecule has 1 aliphatic rings. The zero-order chi connectivity index (χ0) is 16.9. The average Bonchev–Trinajstić information content (AvgIpc) is 3.03. The van der Waals surface area contributed by atoms with Gasteiger partial charge in [0.15, 0.2) is 6.29 Å². The summed E-state index contributed by atoms with van der Waals surface area (Å²) in [7, 11) is 0. The molecule has 0 amide bonds. The zero-order valence-corrected chi connectivity index (χ0v) is 15.2. The third-order valence-corrected chi connectivity index (χ3v) is 4.78. The van der Waals surface area contributed by atoms with E-state index in [1.807, 2.05) is 36.1 Å². The predicted molar refractivity (Wildman–Crippen MR) is 95.5 cm³/mol. The molecule has 1 aromatic heterocycles. The van der Waals surface area contributed by atoms with Gasteiger partial charge >= 0.3 is 0 Å². The minimum Gasteiger partial charge on any atom is -0.349 e. The highest BCUT2D eigenvalue weighted by molar-refractivity contribution is 6.35. The number of imidazole rings is 1. The second kappa shape index (κ2) is 8.34. The van der Waals surface area contributed by atoms with Gasteiger partial charge in [-0.25, -0.2) is 4.98 Å². The van der Waals surface area contributed by atoms with Crippen molar-refractivity contribution in [1.82, 2.24) is 9.55 Å². The van der Waals surface area contributed by atoms with Gasteiger partial charge in [-0.3, -0.25) is 0 Å². The van der Waals surface area contributed by atoms with E-state index in [1.54, 1.807) is 12.3 Å². The largest absolute Gasteiger partial charge is 0.349 e. The van der Waals surface area contributed by atoms with Crippen LogP contribution >= 0.6 is 23.2 Å². The molecular weight excluding hydrogens is 347 g/mol. The molecule has 3 atom stereocenters. The van der Waals surface area contributed by atoms with Crippen LogP contribution in [0.3, 0.4) is 0 Å². The van der Waals surface area contributed by atoms with Crippen molar-refractivity contribution in [1.29, 1.82) is 0 Å². The van der Waals surface area contributed by atoms with E-state index in [0.717, 1.165) is 37.8 Å². The lowest BCUT2D eigenvalue weighted by molar-refractivity contribution is -0.213. The molecule has 0 N–H and O–H groups in total. The molecule has 24 heavy (non-hydrogen) atoms. The molecule has 0 radical (unpaired) electrons. The quantitative estimate of drug-likeness (QED) is 0.738. The van der Waals surface area contributed by atoms with Crippen LogP contribution in [0, 0.1) is 0 Å². The van der Waals surface area contributed by atoms with Crippen LogP contribution in [0.2, 0.25) is 10.0 Å². The summed E-state index contributed by atoms with van der Waals surface area (Å²) in [5, 5.41) is 1.33. The second-order valence-corrected chi connectivity index (χ2v) is 7.11. The molecule has 3 rings (SSSR count). The maximum absolute atomic E-state index is 6.24. The van der Waals surface area contributed by atoms with Crippen molar-refractivity contribution in [3.63, 3.8) is 0 Å². The van der Waals surface area contributed by atoms with Gasteiger partial charge in [-0.15, -0.1) is 0 Å². The summed E-state index contributed by atoms with van der Waals surface area (Å²) in [4.78, 5) is 4.07. The number of halogens is 2. The number of aromatic nitrogens is 2. The lowest BCUT2D eigenvalue weighted by Crippen LogP contribution is -2.34. The Morgan fingerprint density at radius 3 is 3.00 bits per heavy atom. The summed E-state index contributed by atoms with van der Waals surface area (Å²) in [6, 6.07) is 5.57. The fraction of sp³-hybridized carbons (Fsp3) is 0.500. The molecule has 0 spiro atoms. The Hall–Kier alpha value is -1.07. The fourth-order valence-electron chi connectivity index (χ4n) is 3.03. The standard InChI is InChI=1S/C18H22Cl2N2O2/c1-13(9-14-5-6-15(19)10-17(14)20)23-18-4-2-3-16(24-18)11-22-8-7-21-12-22/h5-8,10,12-13,16,18H,2-4,9,11H2,1H3. The molecule has 0 bridgehead atoms. The Morgan fingerprint density at radius 1 is 1.38 bits per heavy atom. The number of ether oxygens (including phenoxy) is 2. The molecule has 6 heteroatoms. The van der Waals surface area contributed by atoms with E-state index in [1.165, 1.54) is 0 Å². The van der Waals surface area contributed by atoms with E-state index in [2.05, 4.69) is 4.98 Å². The Balaban J connectivity index is 1.51. The number of rotatable bonds is 6. The smallest absolute Gasteiger partial charge is 0.158 e. The molecule has 0 aliphatic carbocycles. The van der Waals surface area contributed by atoms with Crippen LogP contribution in [0.5, 0.6) is 0 Å². The summed E-state index contributed by atoms with van der Waals surface area (Å²) in [5.74, 6) is 0. The van der Waals surface area contributed by atoms with Crippen molar-refractivity contribution in [2.24, 2.45) is 0 Å². The second-order valence-electron chi connectivity index (χ2n) is 6.26. The van der Waals surface area contributed by atoms with Gasteiger partial charge in [-0.1, -0.05) is 29.3 Å². The van der Waals surface area contributed by atoms with E-state index in [9.17, 15) is 0 Å². The van der Waals surface area contributed by atoms with Crippen molar-refractivity contribution in [3.8, 4) is 0 Å². The molecule has 2 aromatic rings. The monoisotopic (exact) mass is 368 g/mol. The highest BCUT2D eigenvalue weighted by Crippen LogP contribution is 2.25. The van der Waals surface area contributed by atoms with E-state index >= 15 is 0 Å². The van der Waals surface area contributed by atoms with Gasteiger partial charge in [-0.05, 0) is 50.3 Å². The van der Waals surface area contributed by atoms with E-state index in [-0.39, 0.29) is 18.5 Å². The molecule has 3 unspecified atom stereocenters. The number of hydrogen-bond donors (Lipinski definition) is 0. The van der Waals surface area contributed by atoms with Crippen LogP contribution in [-0.4, -0.2) is 28.0 Å². The first-order valence-electron chi connectivity index (χ1n) is 8.31. The summed E-state index contributed by atoms with van der Waals surface area (Å²) in [6.45, 7) is 2.87. The van der Waals surface area contributed by atoms with Gasteiger partial charge in [-0.2, -0.15) is 0 Å². The Kier molecular flexibility index (Phi) is 6.17. The van der Waals surface area contributed by atoms with Gasteiger partial charge in [0.2, 0.25) is 0 Å². The third-order valence-electron chi connectivity index (χ3n) is 4.19. The maximum atomic E-state index is 6.24. The molecular formula is C18H22Cl2N2O2. The van der Waals surface area contributed by atoms with Crippen LogP contribution in [0.4, 0.5) is 0 Å². The van der Waals surface area contributed by atoms with Crippen molar-refractivity contribution in [2.75, 3.05) is 0 Å². The van der Waals surface area contributed by atoms with Gasteiger partial charge in [0.25, 0.3) is 0 Å². The first-order chi connectivity index (χ1) is 11.6. The summed E-state index contributed by atoms with van der Waals surface area (Å²) < 4.78 is 14.2. The molecule has 130 valence electrons. The van der Waals surface area contributed by atoms with Crippen LogP contribution in [0.15, 0.2) is 36.9 Å². The van der Waals surface area contributed by atoms with Crippen LogP contribution < -0.4 is 0 Å². The minimum absolute atomic E-state index is 0.0284. The lowest BCUT2D eigenvalue weighted by Gasteiger charge is -2.32. The highest BCUT2D eigenvalue weighted by atomic mass is 35.5. The molecule has 1 aromatic carbocycles. The summed E-state index contributed by atoms with van der Waals surface area (Å²) in [6.07, 6.45) is 9.43. The Bertz CT molecular complexity index is 648. The van der Waals surface area contributed by atoms with Crippen molar-refractivity contribution in [3.05, 3.63) is 52.5 Å². The van der Waals surface area contributed by atoms with Crippen LogP contribution in [0.25, 0.3) is 0 Å². The number of nitrogens with zero attached hydrogens (tertiary/aromatic N) is 2. The first kappa shape index (κ1) is 17.7. The predicted octanol–water partition coefficient (Wildman–Crippen LogP) is 4.73. The summed E-state index contributed by atoms with van der Waals surface area (Å²) >= 11 is 12.2. The maximum Gasteiger partial charge on any atom is 0.158 e. The fourth-order valence-corrected chi connectivity index (χ4v) is 3.52. The minimum atomic E-state index is -0.159. The van der Waals surface area contributed by atoms with Gasteiger partial charge in [0, 0.05) is 29.0 Å². The highest BCUT2D eigenvalue weighted by Gasteiger charge is 2.25. The molecule has 0 saturated carbocycles. The molecule has 2 heterocycles. The van der Waals surface area contributed by atoms with Crippen molar-refractivity contribution < 1.29 is 9.47 Å². The van der Waals surface area contributed by atoms with Gasteiger partial charge in [0.05, 0.1) is 18.5 Å². The van der Waals surface area contributed by atoms with E-state index in [4.69, 9.17) is 32.7 Å². The topological polar surface area (TPSA) is 36.3 Å². The Morgan fingerprint density at radius 2 is 2.25 bits per heavy atom. The molecule has 1 aliphatic heterocycles. The van der Waals surface area contributed by atoms with Crippen LogP contribution in [-0.2, 0) is 22.4 Å². The Labute approximate surface area is 152 Å².